The first-order valence-electron chi connectivity index (χ1n) is 5.78. The molecule has 0 amide bonds. The molecule has 6 heteroatoms. The molecule has 5 nitrogen and oxygen atoms in total. The van der Waals surface area contributed by atoms with Crippen molar-refractivity contribution in [2.45, 2.75) is 32.2 Å². The van der Waals surface area contributed by atoms with Crippen LogP contribution < -0.4 is 5.69 Å². The van der Waals surface area contributed by atoms with Crippen LogP contribution in [0, 0.1) is 0 Å². The van der Waals surface area contributed by atoms with Gasteiger partial charge in [0.2, 0.25) is 0 Å². The van der Waals surface area contributed by atoms with Crippen LogP contribution in [0.25, 0.3) is 5.65 Å². The lowest BCUT2D eigenvalue weighted by atomic mass is 10.2. The van der Waals surface area contributed by atoms with Crippen LogP contribution in [-0.4, -0.2) is 25.0 Å². The maximum Gasteiger partial charge on any atom is 0.350 e. The van der Waals surface area contributed by atoms with Gasteiger partial charge in [-0.05, 0) is 12.8 Å². The van der Waals surface area contributed by atoms with Gasteiger partial charge in [0.15, 0.2) is 5.65 Å². The van der Waals surface area contributed by atoms with Gasteiger partial charge in [-0.2, -0.15) is 0 Å². The molecule has 2 aromatic rings. The number of aryl methyl sites for hydroxylation is 1. The van der Waals surface area contributed by atoms with Crippen molar-refractivity contribution >= 4 is 17.2 Å². The van der Waals surface area contributed by atoms with Gasteiger partial charge in [0.1, 0.15) is 0 Å². The van der Waals surface area contributed by atoms with Gasteiger partial charge in [-0.1, -0.05) is 12.8 Å². The maximum atomic E-state index is 11.9. The van der Waals surface area contributed by atoms with E-state index < -0.39 is 0 Å². The van der Waals surface area contributed by atoms with Gasteiger partial charge in [-0.3, -0.25) is 4.98 Å². The summed E-state index contributed by atoms with van der Waals surface area (Å²) in [5.74, 6) is 0.708. The Balaban J connectivity index is 1.99. The van der Waals surface area contributed by atoms with E-state index in [4.69, 9.17) is 11.6 Å². The molecule has 0 aliphatic rings. The van der Waals surface area contributed by atoms with E-state index in [-0.39, 0.29) is 5.69 Å². The highest BCUT2D eigenvalue weighted by atomic mass is 35.5. The van der Waals surface area contributed by atoms with Crippen LogP contribution in [0.3, 0.4) is 0 Å². The van der Waals surface area contributed by atoms with Gasteiger partial charge in [0.05, 0.1) is 6.20 Å². The van der Waals surface area contributed by atoms with Crippen LogP contribution in [0.2, 0.25) is 0 Å². The zero-order valence-corrected chi connectivity index (χ0v) is 10.3. The molecule has 0 fully saturated rings. The van der Waals surface area contributed by atoms with Crippen molar-refractivity contribution in [3.05, 3.63) is 29.1 Å². The summed E-state index contributed by atoms with van der Waals surface area (Å²) in [5.41, 5.74) is 0.498. The predicted molar refractivity (Wildman–Crippen MR) is 66.4 cm³/mol. The fourth-order valence-electron chi connectivity index (χ4n) is 1.74. The average Bonchev–Trinajstić information content (AvgIpc) is 2.67. The molecule has 0 atom stereocenters. The Bertz CT molecular complexity index is 533. The summed E-state index contributed by atoms with van der Waals surface area (Å²) in [5, 5.41) is 4.21. The van der Waals surface area contributed by atoms with E-state index in [0.717, 1.165) is 25.7 Å². The number of halogens is 1. The molecule has 17 heavy (non-hydrogen) atoms. The molecule has 92 valence electrons. The molecular weight excluding hydrogens is 240 g/mol. The lowest BCUT2D eigenvalue weighted by Gasteiger charge is -1.98. The third-order valence-electron chi connectivity index (χ3n) is 2.64. The molecule has 0 unspecified atom stereocenters. The van der Waals surface area contributed by atoms with Crippen molar-refractivity contribution in [1.29, 1.82) is 0 Å². The molecular formula is C11H15ClN4O. The van der Waals surface area contributed by atoms with Crippen molar-refractivity contribution in [2.24, 2.45) is 0 Å². The number of hydrogen-bond donors (Lipinski definition) is 0. The number of rotatable bonds is 6. The first kappa shape index (κ1) is 12.1. The highest BCUT2D eigenvalue weighted by Gasteiger charge is 2.05. The fourth-order valence-corrected chi connectivity index (χ4v) is 1.92. The Hall–Kier alpha value is -1.36. The molecule has 0 aliphatic heterocycles. The Morgan fingerprint density at radius 2 is 2.06 bits per heavy atom. The van der Waals surface area contributed by atoms with Gasteiger partial charge in [-0.15, -0.1) is 16.7 Å². The largest absolute Gasteiger partial charge is 0.350 e. The molecule has 0 bridgehead atoms. The molecule has 0 spiro atoms. The molecule has 2 aromatic heterocycles. The minimum absolute atomic E-state index is 0.0975. The lowest BCUT2D eigenvalue weighted by Crippen LogP contribution is -2.21. The van der Waals surface area contributed by atoms with E-state index in [1.807, 2.05) is 0 Å². The lowest BCUT2D eigenvalue weighted by molar-refractivity contribution is 0.528. The third-order valence-corrected chi connectivity index (χ3v) is 2.91. The van der Waals surface area contributed by atoms with Crippen molar-refractivity contribution in [3.63, 3.8) is 0 Å². The fraction of sp³-hybridized carbons (Fsp3) is 0.545. The minimum Gasteiger partial charge on any atom is -0.259 e. The van der Waals surface area contributed by atoms with E-state index in [9.17, 15) is 4.79 Å². The van der Waals surface area contributed by atoms with Crippen molar-refractivity contribution in [1.82, 2.24) is 19.2 Å². The smallest absolute Gasteiger partial charge is 0.259 e. The Morgan fingerprint density at radius 1 is 1.24 bits per heavy atom. The Kier molecular flexibility index (Phi) is 4.14. The van der Waals surface area contributed by atoms with Crippen LogP contribution in [0.15, 0.2) is 23.4 Å². The number of alkyl halides is 1. The monoisotopic (exact) mass is 254 g/mol. The first-order valence-corrected chi connectivity index (χ1v) is 6.31. The average molecular weight is 255 g/mol. The SMILES string of the molecule is O=c1n(CCCCCCCl)nc2cnccn12. The standard InChI is InChI=1S/C11H15ClN4O/c12-5-3-1-2-4-7-16-11(17)15-8-6-13-9-10(15)14-16/h6,8-9H,1-5,7H2. The number of nitrogens with zero attached hydrogens (tertiary/aromatic N) is 4. The summed E-state index contributed by atoms with van der Waals surface area (Å²) >= 11 is 5.60. The number of fused-ring (bicyclic) bond motifs is 1. The van der Waals surface area contributed by atoms with E-state index in [0.29, 0.717) is 18.1 Å². The van der Waals surface area contributed by atoms with Gasteiger partial charge in [0.25, 0.3) is 0 Å². The van der Waals surface area contributed by atoms with Gasteiger partial charge >= 0.3 is 5.69 Å². The number of hydrogen-bond acceptors (Lipinski definition) is 3. The van der Waals surface area contributed by atoms with E-state index in [1.165, 1.54) is 9.08 Å². The van der Waals surface area contributed by atoms with Crippen molar-refractivity contribution < 1.29 is 0 Å². The first-order chi connectivity index (χ1) is 8.33. The summed E-state index contributed by atoms with van der Waals surface area (Å²) in [6.45, 7) is 0.656. The second-order valence-corrected chi connectivity index (χ2v) is 4.29. The second kappa shape index (κ2) is 5.82. The Morgan fingerprint density at radius 3 is 2.82 bits per heavy atom. The molecule has 2 heterocycles. The second-order valence-electron chi connectivity index (χ2n) is 3.91. The van der Waals surface area contributed by atoms with Crippen LogP contribution >= 0.6 is 11.6 Å². The summed E-state index contributed by atoms with van der Waals surface area (Å²) in [6.07, 6.45) is 8.97. The van der Waals surface area contributed by atoms with Crippen LogP contribution in [0.5, 0.6) is 0 Å². The highest BCUT2D eigenvalue weighted by molar-refractivity contribution is 6.17. The molecule has 0 saturated carbocycles. The van der Waals surface area contributed by atoms with Crippen LogP contribution in [0.4, 0.5) is 0 Å². The van der Waals surface area contributed by atoms with Crippen LogP contribution in [0.1, 0.15) is 25.7 Å². The van der Waals surface area contributed by atoms with Gasteiger partial charge < -0.3 is 0 Å². The normalized spacial score (nSPS) is 11.1. The number of unbranched alkanes of at least 4 members (excludes halogenated alkanes) is 3. The van der Waals surface area contributed by atoms with Crippen molar-refractivity contribution in [2.75, 3.05) is 5.88 Å². The molecule has 0 N–H and O–H groups in total. The minimum atomic E-state index is -0.0975. The van der Waals surface area contributed by atoms with E-state index in [2.05, 4.69) is 10.1 Å². The summed E-state index contributed by atoms with van der Waals surface area (Å²) in [6, 6.07) is 0. The van der Waals surface area contributed by atoms with Gasteiger partial charge in [-0.25, -0.2) is 13.9 Å². The molecule has 0 aliphatic carbocycles. The number of aromatic nitrogens is 4. The summed E-state index contributed by atoms with van der Waals surface area (Å²) in [4.78, 5) is 15.8. The summed E-state index contributed by atoms with van der Waals surface area (Å²) in [7, 11) is 0. The maximum absolute atomic E-state index is 11.9. The third kappa shape index (κ3) is 2.85. The quantitative estimate of drug-likeness (QED) is 0.582. The van der Waals surface area contributed by atoms with E-state index in [1.54, 1.807) is 18.6 Å². The zero-order chi connectivity index (χ0) is 12.1. The Labute approximate surface area is 104 Å². The molecule has 0 radical (unpaired) electrons. The topological polar surface area (TPSA) is 52.2 Å². The van der Waals surface area contributed by atoms with Crippen LogP contribution in [-0.2, 0) is 6.54 Å². The highest BCUT2D eigenvalue weighted by Crippen LogP contribution is 2.02. The van der Waals surface area contributed by atoms with Crippen molar-refractivity contribution in [3.8, 4) is 0 Å². The molecule has 0 aromatic carbocycles. The molecule has 2 rings (SSSR count). The van der Waals surface area contributed by atoms with Gasteiger partial charge in [0, 0.05) is 24.8 Å². The zero-order valence-electron chi connectivity index (χ0n) is 9.55. The predicted octanol–water partition coefficient (Wildman–Crippen LogP) is 1.69. The summed E-state index contributed by atoms with van der Waals surface area (Å²) < 4.78 is 3.00. The molecule has 0 saturated heterocycles. The van der Waals surface area contributed by atoms with E-state index >= 15 is 0 Å².